The Hall–Kier alpha value is -1.98. The lowest BCUT2D eigenvalue weighted by Gasteiger charge is -2.33. The highest BCUT2D eigenvalue weighted by Gasteiger charge is 2.34. The van der Waals surface area contributed by atoms with E-state index in [1.165, 1.54) is 18.2 Å². The summed E-state index contributed by atoms with van der Waals surface area (Å²) in [5.41, 5.74) is -1.05. The van der Waals surface area contributed by atoms with Crippen molar-refractivity contribution >= 4 is 11.7 Å². The average molecular weight is 326 g/mol. The lowest BCUT2D eigenvalue weighted by molar-refractivity contribution is -0.136. The zero-order valence-electron chi connectivity index (χ0n) is 12.9. The Bertz CT molecular complexity index is 551. The number of anilines is 1. The number of urea groups is 1. The Labute approximate surface area is 134 Å². The number of benzene rings is 1. The number of hydrogen-bond acceptors (Lipinski definition) is 1. The molecule has 0 spiro atoms. The van der Waals surface area contributed by atoms with Crippen molar-refractivity contribution in [3.63, 3.8) is 0 Å². The van der Waals surface area contributed by atoms with E-state index in [1.54, 1.807) is 11.0 Å². The van der Waals surface area contributed by atoms with Gasteiger partial charge < -0.3 is 10.2 Å². The molecular weight excluding hydrogens is 305 g/mol. The third-order valence-electron chi connectivity index (χ3n) is 4.08. The fraction of sp³-hybridized carbons (Fsp3) is 0.471. The molecular formula is C17H21F3N2O. The third-order valence-corrected chi connectivity index (χ3v) is 4.08. The van der Waals surface area contributed by atoms with E-state index in [0.29, 0.717) is 6.54 Å². The Morgan fingerprint density at radius 2 is 1.91 bits per heavy atom. The molecule has 6 heteroatoms. The van der Waals surface area contributed by atoms with Gasteiger partial charge >= 0.3 is 12.2 Å². The van der Waals surface area contributed by atoms with Crippen LogP contribution in [0, 0.1) is 0 Å². The summed E-state index contributed by atoms with van der Waals surface area (Å²) in [6.45, 7) is 3.96. The van der Waals surface area contributed by atoms with Crippen molar-refractivity contribution in [2.24, 2.45) is 0 Å². The van der Waals surface area contributed by atoms with Crippen LogP contribution >= 0.6 is 0 Å². The summed E-state index contributed by atoms with van der Waals surface area (Å²) in [5.74, 6) is 0. The number of rotatable bonds is 4. The molecule has 2 rings (SSSR count). The molecule has 1 aromatic carbocycles. The summed E-state index contributed by atoms with van der Waals surface area (Å²) in [6.07, 6.45) is 2.05. The molecule has 0 bridgehead atoms. The van der Waals surface area contributed by atoms with Gasteiger partial charge in [0, 0.05) is 12.6 Å². The fourth-order valence-corrected chi connectivity index (χ4v) is 2.96. The SMILES string of the molecule is C=CCN(C(=O)Nc1ccccc1C(F)(F)F)C1CCCCC1. The van der Waals surface area contributed by atoms with Gasteiger partial charge in [0.1, 0.15) is 0 Å². The zero-order chi connectivity index (χ0) is 16.9. The maximum atomic E-state index is 13.0. The van der Waals surface area contributed by atoms with Gasteiger partial charge in [-0.2, -0.15) is 13.2 Å². The minimum atomic E-state index is -4.50. The zero-order valence-corrected chi connectivity index (χ0v) is 12.9. The van der Waals surface area contributed by atoms with Crippen molar-refractivity contribution in [2.75, 3.05) is 11.9 Å². The lowest BCUT2D eigenvalue weighted by Crippen LogP contribution is -2.44. The second-order valence-electron chi connectivity index (χ2n) is 5.71. The molecule has 3 nitrogen and oxygen atoms in total. The first-order valence-electron chi connectivity index (χ1n) is 7.78. The second-order valence-corrected chi connectivity index (χ2v) is 5.71. The summed E-state index contributed by atoms with van der Waals surface area (Å²) < 4.78 is 39.1. The number of para-hydroxylation sites is 1. The largest absolute Gasteiger partial charge is 0.418 e. The minimum Gasteiger partial charge on any atom is -0.318 e. The molecule has 1 aliphatic rings. The van der Waals surface area contributed by atoms with Crippen molar-refractivity contribution < 1.29 is 18.0 Å². The van der Waals surface area contributed by atoms with Gasteiger partial charge in [-0.15, -0.1) is 6.58 Å². The number of hydrogen-bond donors (Lipinski definition) is 1. The molecule has 0 atom stereocenters. The van der Waals surface area contributed by atoms with E-state index < -0.39 is 17.8 Å². The highest BCUT2D eigenvalue weighted by atomic mass is 19.4. The van der Waals surface area contributed by atoms with Crippen molar-refractivity contribution in [1.82, 2.24) is 4.90 Å². The van der Waals surface area contributed by atoms with Crippen molar-refractivity contribution in [3.8, 4) is 0 Å². The Balaban J connectivity index is 2.17. The Morgan fingerprint density at radius 3 is 2.52 bits per heavy atom. The van der Waals surface area contributed by atoms with Crippen LogP contribution in [-0.4, -0.2) is 23.5 Å². The molecule has 1 saturated carbocycles. The first-order valence-corrected chi connectivity index (χ1v) is 7.78. The Kier molecular flexibility index (Phi) is 5.69. The standard InChI is InChI=1S/C17H21F3N2O/c1-2-12-22(13-8-4-3-5-9-13)16(23)21-15-11-7-6-10-14(15)17(18,19)20/h2,6-7,10-11,13H,1,3-5,8-9,12H2,(H,21,23). The van der Waals surface area contributed by atoms with Gasteiger partial charge in [0.2, 0.25) is 0 Å². The van der Waals surface area contributed by atoms with Gasteiger partial charge in [0.25, 0.3) is 0 Å². The number of nitrogens with one attached hydrogen (secondary N) is 1. The van der Waals surface area contributed by atoms with E-state index in [0.717, 1.165) is 38.2 Å². The van der Waals surface area contributed by atoms with Crippen LogP contribution in [0.2, 0.25) is 0 Å². The minimum absolute atomic E-state index is 0.0554. The lowest BCUT2D eigenvalue weighted by atomic mass is 9.94. The number of carbonyl (C=O) groups is 1. The number of carbonyl (C=O) groups excluding carboxylic acids is 1. The van der Waals surface area contributed by atoms with Crippen molar-refractivity contribution in [2.45, 2.75) is 44.3 Å². The second kappa shape index (κ2) is 7.53. The molecule has 0 aliphatic heterocycles. The Morgan fingerprint density at radius 1 is 1.26 bits per heavy atom. The van der Waals surface area contributed by atoms with E-state index in [1.807, 2.05) is 0 Å². The topological polar surface area (TPSA) is 32.3 Å². The van der Waals surface area contributed by atoms with E-state index >= 15 is 0 Å². The van der Waals surface area contributed by atoms with Crippen LogP contribution in [0.5, 0.6) is 0 Å². The highest BCUT2D eigenvalue weighted by molar-refractivity contribution is 5.90. The maximum absolute atomic E-state index is 13.0. The van der Waals surface area contributed by atoms with Crippen LogP contribution in [0.3, 0.4) is 0 Å². The summed E-state index contributed by atoms with van der Waals surface area (Å²) in [4.78, 5) is 14.1. The molecule has 23 heavy (non-hydrogen) atoms. The average Bonchev–Trinajstić information content (AvgIpc) is 2.53. The van der Waals surface area contributed by atoms with Crippen LogP contribution in [0.1, 0.15) is 37.7 Å². The molecule has 0 aromatic heterocycles. The quantitative estimate of drug-likeness (QED) is 0.771. The number of nitrogens with zero attached hydrogens (tertiary/aromatic N) is 1. The van der Waals surface area contributed by atoms with Gasteiger partial charge in [-0.1, -0.05) is 37.5 Å². The number of amides is 2. The summed E-state index contributed by atoms with van der Waals surface area (Å²) in [6, 6.07) is 4.57. The molecule has 0 radical (unpaired) electrons. The molecule has 0 unspecified atom stereocenters. The van der Waals surface area contributed by atoms with E-state index in [9.17, 15) is 18.0 Å². The van der Waals surface area contributed by atoms with Crippen LogP contribution < -0.4 is 5.32 Å². The molecule has 1 N–H and O–H groups in total. The summed E-state index contributed by atoms with van der Waals surface area (Å²) in [7, 11) is 0. The molecule has 2 amide bonds. The molecule has 126 valence electrons. The van der Waals surface area contributed by atoms with Gasteiger partial charge in [-0.05, 0) is 25.0 Å². The van der Waals surface area contributed by atoms with Crippen molar-refractivity contribution in [3.05, 3.63) is 42.5 Å². The molecule has 1 aliphatic carbocycles. The van der Waals surface area contributed by atoms with Gasteiger partial charge in [-0.25, -0.2) is 4.79 Å². The molecule has 1 aromatic rings. The van der Waals surface area contributed by atoms with Gasteiger partial charge in [0.05, 0.1) is 11.3 Å². The number of alkyl halides is 3. The van der Waals surface area contributed by atoms with E-state index in [2.05, 4.69) is 11.9 Å². The van der Waals surface area contributed by atoms with E-state index in [4.69, 9.17) is 0 Å². The smallest absolute Gasteiger partial charge is 0.318 e. The first-order chi connectivity index (χ1) is 10.9. The third kappa shape index (κ3) is 4.50. The normalized spacial score (nSPS) is 16.0. The maximum Gasteiger partial charge on any atom is 0.418 e. The predicted octanol–water partition coefficient (Wildman–Crippen LogP) is 5.06. The highest BCUT2D eigenvalue weighted by Crippen LogP contribution is 2.35. The molecule has 0 heterocycles. The van der Waals surface area contributed by atoms with Crippen LogP contribution in [-0.2, 0) is 6.18 Å². The predicted molar refractivity (Wildman–Crippen MR) is 84.2 cm³/mol. The summed E-state index contributed by atoms with van der Waals surface area (Å²) >= 11 is 0. The van der Waals surface area contributed by atoms with Crippen molar-refractivity contribution in [1.29, 1.82) is 0 Å². The van der Waals surface area contributed by atoms with Gasteiger partial charge in [-0.3, -0.25) is 0 Å². The fourth-order valence-electron chi connectivity index (χ4n) is 2.96. The monoisotopic (exact) mass is 326 g/mol. The number of halogens is 3. The summed E-state index contributed by atoms with van der Waals surface area (Å²) in [5, 5.41) is 2.42. The first kappa shape index (κ1) is 17.4. The van der Waals surface area contributed by atoms with Crippen LogP contribution in [0.15, 0.2) is 36.9 Å². The van der Waals surface area contributed by atoms with E-state index in [-0.39, 0.29) is 11.7 Å². The van der Waals surface area contributed by atoms with Gasteiger partial charge in [0.15, 0.2) is 0 Å². The van der Waals surface area contributed by atoms with Crippen LogP contribution in [0.25, 0.3) is 0 Å². The van der Waals surface area contributed by atoms with Crippen LogP contribution in [0.4, 0.5) is 23.7 Å². The molecule has 1 fully saturated rings. The molecule has 0 saturated heterocycles.